The number of benzene rings is 2. The molecule has 0 bridgehead atoms. The van der Waals surface area contributed by atoms with E-state index in [-0.39, 0.29) is 11.4 Å². The second-order valence-electron chi connectivity index (χ2n) is 7.85. The first-order valence-electron chi connectivity index (χ1n) is 9.07. The molecule has 0 unspecified atom stereocenters. The number of carbonyl (C=O) groups excluding carboxylic acids is 1. The molecule has 1 heterocycles. The first kappa shape index (κ1) is 17.7. The summed E-state index contributed by atoms with van der Waals surface area (Å²) in [6.45, 7) is 9.33. The van der Waals surface area contributed by atoms with Crippen molar-refractivity contribution in [1.82, 2.24) is 9.80 Å². The van der Waals surface area contributed by atoms with Crippen LogP contribution in [0.2, 0.25) is 0 Å². The van der Waals surface area contributed by atoms with Crippen molar-refractivity contribution in [3.63, 3.8) is 0 Å². The second-order valence-corrected chi connectivity index (χ2v) is 7.85. The molecule has 0 atom stereocenters. The van der Waals surface area contributed by atoms with Gasteiger partial charge in [-0.2, -0.15) is 0 Å². The molecular weight excluding hydrogens is 308 g/mol. The lowest BCUT2D eigenvalue weighted by Gasteiger charge is -2.37. The molecule has 0 aliphatic carbocycles. The van der Waals surface area contributed by atoms with Crippen molar-refractivity contribution in [3.8, 4) is 0 Å². The van der Waals surface area contributed by atoms with Gasteiger partial charge < -0.3 is 4.90 Å². The zero-order valence-corrected chi connectivity index (χ0v) is 15.5. The van der Waals surface area contributed by atoms with Crippen LogP contribution < -0.4 is 0 Å². The quantitative estimate of drug-likeness (QED) is 0.846. The van der Waals surface area contributed by atoms with Crippen molar-refractivity contribution in [2.45, 2.75) is 45.8 Å². The van der Waals surface area contributed by atoms with Crippen LogP contribution in [-0.2, 0) is 24.3 Å². The fourth-order valence-corrected chi connectivity index (χ4v) is 3.31. The SMILES string of the molecule is CC(C)(C)N(CC(=O)N1CCc2ccccc2C1)Cc1ccccc1. The third kappa shape index (κ3) is 4.49. The minimum Gasteiger partial charge on any atom is -0.337 e. The highest BCUT2D eigenvalue weighted by Crippen LogP contribution is 2.21. The molecule has 25 heavy (non-hydrogen) atoms. The van der Waals surface area contributed by atoms with E-state index >= 15 is 0 Å². The second kappa shape index (κ2) is 7.40. The maximum atomic E-state index is 12.9. The Kier molecular flexibility index (Phi) is 5.24. The summed E-state index contributed by atoms with van der Waals surface area (Å²) in [5.41, 5.74) is 3.85. The Morgan fingerprint density at radius 3 is 2.32 bits per heavy atom. The van der Waals surface area contributed by atoms with Gasteiger partial charge in [0.15, 0.2) is 0 Å². The molecule has 0 spiro atoms. The normalized spacial score (nSPS) is 14.5. The number of hydrogen-bond acceptors (Lipinski definition) is 2. The van der Waals surface area contributed by atoms with Gasteiger partial charge in [0.2, 0.25) is 5.91 Å². The molecule has 1 amide bonds. The van der Waals surface area contributed by atoms with Gasteiger partial charge in [0.25, 0.3) is 0 Å². The monoisotopic (exact) mass is 336 g/mol. The Hall–Kier alpha value is -2.13. The first-order valence-corrected chi connectivity index (χ1v) is 9.07. The molecular formula is C22H28N2O. The Morgan fingerprint density at radius 1 is 1.00 bits per heavy atom. The Balaban J connectivity index is 1.69. The molecule has 3 nitrogen and oxygen atoms in total. The largest absolute Gasteiger partial charge is 0.337 e. The van der Waals surface area contributed by atoms with Gasteiger partial charge in [-0.3, -0.25) is 9.69 Å². The zero-order chi connectivity index (χ0) is 17.9. The van der Waals surface area contributed by atoms with E-state index < -0.39 is 0 Å². The number of rotatable bonds is 4. The van der Waals surface area contributed by atoms with Gasteiger partial charge in [0.05, 0.1) is 6.54 Å². The lowest BCUT2D eigenvalue weighted by molar-refractivity contribution is -0.134. The minimum atomic E-state index is -0.0564. The van der Waals surface area contributed by atoms with E-state index in [1.165, 1.54) is 16.7 Å². The van der Waals surface area contributed by atoms with Crippen LogP contribution in [0, 0.1) is 0 Å². The maximum absolute atomic E-state index is 12.9. The van der Waals surface area contributed by atoms with E-state index in [0.717, 1.165) is 26.1 Å². The standard InChI is InChI=1S/C22H28N2O/c1-22(2,3)24(15-18-9-5-4-6-10-18)17-21(25)23-14-13-19-11-7-8-12-20(19)16-23/h4-12H,13-17H2,1-3H3. The van der Waals surface area contributed by atoms with Crippen LogP contribution in [0.1, 0.15) is 37.5 Å². The molecule has 132 valence electrons. The number of hydrogen-bond donors (Lipinski definition) is 0. The summed E-state index contributed by atoms with van der Waals surface area (Å²) in [6, 6.07) is 18.8. The molecule has 1 aliphatic rings. The number of amides is 1. The van der Waals surface area contributed by atoms with Gasteiger partial charge in [-0.15, -0.1) is 0 Å². The molecule has 0 N–H and O–H groups in total. The summed E-state index contributed by atoms with van der Waals surface area (Å²) in [5.74, 6) is 0.223. The van der Waals surface area contributed by atoms with Gasteiger partial charge in [-0.05, 0) is 43.9 Å². The Bertz CT molecular complexity index is 718. The molecule has 0 radical (unpaired) electrons. The van der Waals surface area contributed by atoms with Crippen LogP contribution in [0.25, 0.3) is 0 Å². The average molecular weight is 336 g/mol. The van der Waals surface area contributed by atoms with E-state index in [4.69, 9.17) is 0 Å². The first-order chi connectivity index (χ1) is 11.9. The summed E-state index contributed by atoms with van der Waals surface area (Å²) in [6.07, 6.45) is 0.954. The van der Waals surface area contributed by atoms with Crippen molar-refractivity contribution in [3.05, 3.63) is 71.3 Å². The van der Waals surface area contributed by atoms with Crippen molar-refractivity contribution in [1.29, 1.82) is 0 Å². The molecule has 0 saturated heterocycles. The summed E-state index contributed by atoms with van der Waals surface area (Å²) in [4.78, 5) is 17.2. The van der Waals surface area contributed by atoms with Crippen molar-refractivity contribution in [2.24, 2.45) is 0 Å². The molecule has 1 aliphatic heterocycles. The van der Waals surface area contributed by atoms with Crippen LogP contribution in [0.3, 0.4) is 0 Å². The van der Waals surface area contributed by atoms with Crippen LogP contribution in [0.5, 0.6) is 0 Å². The van der Waals surface area contributed by atoms with E-state index in [9.17, 15) is 4.79 Å². The molecule has 0 fully saturated rings. The third-order valence-electron chi connectivity index (χ3n) is 4.97. The van der Waals surface area contributed by atoms with Crippen molar-refractivity contribution < 1.29 is 4.79 Å². The van der Waals surface area contributed by atoms with Gasteiger partial charge in [-0.25, -0.2) is 0 Å². The highest BCUT2D eigenvalue weighted by molar-refractivity contribution is 5.78. The van der Waals surface area contributed by atoms with Crippen LogP contribution in [-0.4, -0.2) is 34.3 Å². The Morgan fingerprint density at radius 2 is 1.64 bits per heavy atom. The molecule has 3 heteroatoms. The van der Waals surface area contributed by atoms with Gasteiger partial charge in [0.1, 0.15) is 0 Å². The Labute approximate surface area is 151 Å². The molecule has 0 aromatic heterocycles. The van der Waals surface area contributed by atoms with E-state index in [2.05, 4.69) is 74.2 Å². The summed E-state index contributed by atoms with van der Waals surface area (Å²) in [5, 5.41) is 0. The molecule has 3 rings (SSSR count). The summed E-state index contributed by atoms with van der Waals surface area (Å²) in [7, 11) is 0. The van der Waals surface area contributed by atoms with Crippen LogP contribution in [0.15, 0.2) is 54.6 Å². The minimum absolute atomic E-state index is 0.0564. The van der Waals surface area contributed by atoms with Crippen molar-refractivity contribution >= 4 is 5.91 Å². The fourth-order valence-electron chi connectivity index (χ4n) is 3.31. The zero-order valence-electron chi connectivity index (χ0n) is 15.5. The van der Waals surface area contributed by atoms with Crippen molar-refractivity contribution in [2.75, 3.05) is 13.1 Å². The summed E-state index contributed by atoms with van der Waals surface area (Å²) < 4.78 is 0. The maximum Gasteiger partial charge on any atom is 0.237 e. The molecule has 2 aromatic rings. The number of carbonyl (C=O) groups is 1. The lowest BCUT2D eigenvalue weighted by atomic mass is 9.99. The number of nitrogens with zero attached hydrogens (tertiary/aromatic N) is 2. The van der Waals surface area contributed by atoms with Gasteiger partial charge >= 0.3 is 0 Å². The van der Waals surface area contributed by atoms with E-state index in [1.54, 1.807) is 0 Å². The highest BCUT2D eigenvalue weighted by atomic mass is 16.2. The lowest BCUT2D eigenvalue weighted by Crippen LogP contribution is -2.48. The third-order valence-corrected chi connectivity index (χ3v) is 4.97. The predicted octanol–water partition coefficient (Wildman–Crippen LogP) is 3.87. The summed E-state index contributed by atoms with van der Waals surface area (Å²) >= 11 is 0. The van der Waals surface area contributed by atoms with E-state index in [1.807, 2.05) is 11.0 Å². The smallest absolute Gasteiger partial charge is 0.237 e. The highest BCUT2D eigenvalue weighted by Gasteiger charge is 2.27. The number of fused-ring (bicyclic) bond motifs is 1. The predicted molar refractivity (Wildman–Crippen MR) is 102 cm³/mol. The van der Waals surface area contributed by atoms with Crippen LogP contribution in [0.4, 0.5) is 0 Å². The van der Waals surface area contributed by atoms with Crippen LogP contribution >= 0.6 is 0 Å². The van der Waals surface area contributed by atoms with Gasteiger partial charge in [-0.1, -0.05) is 54.6 Å². The average Bonchev–Trinajstić information content (AvgIpc) is 2.61. The van der Waals surface area contributed by atoms with E-state index in [0.29, 0.717) is 6.54 Å². The topological polar surface area (TPSA) is 23.6 Å². The molecule has 0 saturated carbocycles. The van der Waals surface area contributed by atoms with Gasteiger partial charge in [0, 0.05) is 25.2 Å². The fraction of sp³-hybridized carbons (Fsp3) is 0.409. The molecule has 2 aromatic carbocycles.